The van der Waals surface area contributed by atoms with Gasteiger partial charge in [-0.25, -0.2) is 4.79 Å². The number of carbonyl (C=O) groups excluding carboxylic acids is 1. The fourth-order valence-corrected chi connectivity index (χ4v) is 2.36. The first-order chi connectivity index (χ1) is 9.99. The zero-order chi connectivity index (χ0) is 16.1. The Labute approximate surface area is 178 Å². The van der Waals surface area contributed by atoms with E-state index >= 15 is 0 Å². The predicted molar refractivity (Wildman–Crippen MR) is 93.4 cm³/mol. The van der Waals surface area contributed by atoms with Crippen molar-refractivity contribution in [1.82, 2.24) is 5.32 Å². The van der Waals surface area contributed by atoms with Crippen LogP contribution in [0.1, 0.15) is 85.0 Å². The van der Waals surface area contributed by atoms with Crippen molar-refractivity contribution < 1.29 is 14.7 Å². The number of carbonyl (C=O) groups is 2. The summed E-state index contributed by atoms with van der Waals surface area (Å²) >= 11 is 0. The number of rotatable bonds is 13. The molecule has 1 unspecified atom stereocenters. The van der Waals surface area contributed by atoms with Crippen molar-refractivity contribution in [3.63, 3.8) is 0 Å². The van der Waals surface area contributed by atoms with Crippen LogP contribution >= 0.6 is 0 Å². The fraction of sp³-hybridized carbons (Fsp3) is 0.882. The minimum absolute atomic E-state index is 0. The third kappa shape index (κ3) is 14.2. The van der Waals surface area contributed by atoms with Gasteiger partial charge in [0.05, 0.1) is 0 Å². The topological polar surface area (TPSA) is 66.4 Å². The van der Waals surface area contributed by atoms with Crippen LogP contribution in [0.2, 0.25) is 0 Å². The number of hydrogen-bond donors (Lipinski definition) is 2. The maximum absolute atomic E-state index is 11.7. The molecule has 0 aliphatic carbocycles. The van der Waals surface area contributed by atoms with Crippen LogP contribution < -0.4 is 5.32 Å². The van der Waals surface area contributed by atoms with E-state index in [2.05, 4.69) is 12.2 Å². The summed E-state index contributed by atoms with van der Waals surface area (Å²) in [6, 6.07) is -0.768. The van der Waals surface area contributed by atoms with E-state index in [1.54, 1.807) is 13.8 Å². The molecule has 4 nitrogen and oxygen atoms in total. The second-order valence-electron chi connectivity index (χ2n) is 6.21. The normalized spacial score (nSPS) is 11.8. The summed E-state index contributed by atoms with van der Waals surface area (Å²) in [6.07, 6.45) is 11.3. The fourth-order valence-electron chi connectivity index (χ4n) is 2.36. The number of amides is 1. The Kier molecular flexibility index (Phi) is 18.5. The van der Waals surface area contributed by atoms with Gasteiger partial charge in [0.2, 0.25) is 5.91 Å². The van der Waals surface area contributed by atoms with Crippen molar-refractivity contribution in [2.75, 3.05) is 0 Å². The first kappa shape index (κ1) is 24.8. The summed E-state index contributed by atoms with van der Waals surface area (Å²) < 4.78 is 0. The van der Waals surface area contributed by atoms with Crippen LogP contribution in [0.25, 0.3) is 0 Å². The van der Waals surface area contributed by atoms with Gasteiger partial charge in [-0.3, -0.25) is 4.79 Å². The molecule has 0 aromatic heterocycles. The first-order valence-corrected chi connectivity index (χ1v) is 8.51. The zero-order valence-electron chi connectivity index (χ0n) is 14.0. The van der Waals surface area contributed by atoms with Crippen LogP contribution in [-0.4, -0.2) is 74.4 Å². The van der Waals surface area contributed by atoms with E-state index in [4.69, 9.17) is 5.11 Å². The van der Waals surface area contributed by atoms with Gasteiger partial charge in [-0.15, -0.1) is 0 Å². The zero-order valence-corrected chi connectivity index (χ0v) is 14.0. The Morgan fingerprint density at radius 3 is 1.77 bits per heavy atom. The standard InChI is InChI=1S/C17H33NO3.K.H/c1-4-5-6-7-8-9-10-11-12-13-15(19)18-16(14(2)3)17(20)21;;/h14,16H,4-13H2,1-3H3,(H,18,19)(H,20,21);;. The summed E-state index contributed by atoms with van der Waals surface area (Å²) in [6.45, 7) is 5.83. The van der Waals surface area contributed by atoms with Crippen molar-refractivity contribution in [3.8, 4) is 0 Å². The van der Waals surface area contributed by atoms with Gasteiger partial charge in [-0.1, -0.05) is 72.1 Å². The molecule has 126 valence electrons. The van der Waals surface area contributed by atoms with Crippen LogP contribution in [0.3, 0.4) is 0 Å². The van der Waals surface area contributed by atoms with E-state index in [1.807, 2.05) is 0 Å². The Hall–Kier alpha value is 0.576. The Balaban J connectivity index is 0. The Morgan fingerprint density at radius 2 is 1.36 bits per heavy atom. The second kappa shape index (κ2) is 16.4. The molecule has 0 spiro atoms. The molecule has 5 heteroatoms. The predicted octanol–water partition coefficient (Wildman–Crippen LogP) is 3.48. The van der Waals surface area contributed by atoms with E-state index in [0.29, 0.717) is 6.42 Å². The Bertz CT molecular complexity index is 296. The van der Waals surface area contributed by atoms with Crippen LogP contribution in [-0.2, 0) is 9.59 Å². The number of unbranched alkanes of at least 4 members (excludes halogenated alkanes) is 8. The number of carboxylic acid groups (broad SMARTS) is 1. The summed E-state index contributed by atoms with van der Waals surface area (Å²) in [5.74, 6) is -1.18. The SMILES string of the molecule is CCCCCCCCCCCC(=O)NC(C(=O)O)C(C)C.[KH]. The van der Waals surface area contributed by atoms with Gasteiger partial charge in [0.15, 0.2) is 0 Å². The summed E-state index contributed by atoms with van der Waals surface area (Å²) in [7, 11) is 0. The molecule has 1 atom stereocenters. The average Bonchev–Trinajstić information content (AvgIpc) is 2.42. The monoisotopic (exact) mass is 339 g/mol. The third-order valence-electron chi connectivity index (χ3n) is 3.76. The molecule has 1 amide bonds. The van der Waals surface area contributed by atoms with E-state index in [0.717, 1.165) is 12.8 Å². The van der Waals surface area contributed by atoms with Crippen molar-refractivity contribution in [1.29, 1.82) is 0 Å². The first-order valence-electron chi connectivity index (χ1n) is 8.51. The molecule has 0 aromatic rings. The van der Waals surface area contributed by atoms with Crippen LogP contribution in [0, 0.1) is 5.92 Å². The number of aliphatic carboxylic acids is 1. The van der Waals surface area contributed by atoms with Gasteiger partial charge in [-0.2, -0.15) is 0 Å². The molecule has 0 saturated carbocycles. The van der Waals surface area contributed by atoms with E-state index < -0.39 is 12.0 Å². The van der Waals surface area contributed by atoms with Crippen LogP contribution in [0.15, 0.2) is 0 Å². The van der Waals surface area contributed by atoms with Gasteiger partial charge >= 0.3 is 57.4 Å². The third-order valence-corrected chi connectivity index (χ3v) is 3.76. The minimum atomic E-state index is -0.953. The van der Waals surface area contributed by atoms with E-state index in [1.165, 1.54) is 44.9 Å². The molecule has 0 radical (unpaired) electrons. The summed E-state index contributed by atoms with van der Waals surface area (Å²) in [5, 5.41) is 11.6. The van der Waals surface area contributed by atoms with Gasteiger partial charge in [0.1, 0.15) is 6.04 Å². The second-order valence-corrected chi connectivity index (χ2v) is 6.21. The molecule has 0 bridgehead atoms. The molecular weight excluding hydrogens is 305 g/mol. The number of nitrogens with one attached hydrogen (secondary N) is 1. The van der Waals surface area contributed by atoms with Crippen LogP contribution in [0.5, 0.6) is 0 Å². The Morgan fingerprint density at radius 1 is 0.909 bits per heavy atom. The molecule has 0 saturated heterocycles. The molecule has 0 aromatic carbocycles. The average molecular weight is 340 g/mol. The van der Waals surface area contributed by atoms with Crippen LogP contribution in [0.4, 0.5) is 0 Å². The molecule has 0 aliphatic rings. The summed E-state index contributed by atoms with van der Waals surface area (Å²) in [4.78, 5) is 22.7. The quantitative estimate of drug-likeness (QED) is 0.399. The number of carboxylic acids is 1. The molecule has 0 rings (SSSR count). The number of hydrogen-bond acceptors (Lipinski definition) is 2. The molecule has 0 fully saturated rings. The van der Waals surface area contributed by atoms with Crippen molar-refractivity contribution in [2.45, 2.75) is 91.0 Å². The molecular formula is C17H34KNO3. The van der Waals surface area contributed by atoms with Crippen molar-refractivity contribution in [2.24, 2.45) is 5.92 Å². The maximum atomic E-state index is 11.7. The van der Waals surface area contributed by atoms with Crippen molar-refractivity contribution >= 4 is 63.3 Å². The molecule has 2 N–H and O–H groups in total. The molecule has 22 heavy (non-hydrogen) atoms. The molecule has 0 aliphatic heterocycles. The van der Waals surface area contributed by atoms with E-state index in [9.17, 15) is 9.59 Å². The van der Waals surface area contributed by atoms with Gasteiger partial charge in [0.25, 0.3) is 0 Å². The summed E-state index contributed by atoms with van der Waals surface area (Å²) in [5.41, 5.74) is 0. The van der Waals surface area contributed by atoms with Gasteiger partial charge in [-0.05, 0) is 12.3 Å². The molecule has 0 heterocycles. The van der Waals surface area contributed by atoms with E-state index in [-0.39, 0.29) is 63.2 Å². The van der Waals surface area contributed by atoms with Crippen molar-refractivity contribution in [3.05, 3.63) is 0 Å². The van der Waals surface area contributed by atoms with Gasteiger partial charge < -0.3 is 10.4 Å². The van der Waals surface area contributed by atoms with Gasteiger partial charge in [0, 0.05) is 6.42 Å².